The number of carbonyl (C=O) groups is 1. The Labute approximate surface area is 161 Å². The Morgan fingerprint density at radius 3 is 2.77 bits per heavy atom. The lowest BCUT2D eigenvalue weighted by molar-refractivity contribution is -0.291. The summed E-state index contributed by atoms with van der Waals surface area (Å²) < 4.78 is 5.71. The summed E-state index contributed by atoms with van der Waals surface area (Å²) in [5.74, 6) is -0.544. The quantitative estimate of drug-likeness (QED) is 0.400. The van der Waals surface area contributed by atoms with Crippen molar-refractivity contribution in [1.29, 1.82) is 0 Å². The number of hydrogen-bond acceptors (Lipinski definition) is 6. The van der Waals surface area contributed by atoms with Gasteiger partial charge in [0.2, 0.25) is 5.91 Å². The lowest BCUT2D eigenvalue weighted by atomic mass is 9.76. The Kier molecular flexibility index (Phi) is 5.33. The smallest absolute Gasteiger partial charge is 0.217 e. The van der Waals surface area contributed by atoms with Gasteiger partial charge >= 0.3 is 0 Å². The van der Waals surface area contributed by atoms with Crippen LogP contribution in [0.1, 0.15) is 12.5 Å². The second-order valence-electron chi connectivity index (χ2n) is 6.18. The van der Waals surface area contributed by atoms with E-state index in [4.69, 9.17) is 16.3 Å². The van der Waals surface area contributed by atoms with Crippen LogP contribution < -0.4 is 5.32 Å². The Morgan fingerprint density at radius 2 is 2.15 bits per heavy atom. The fraction of sp³-hybridized carbons (Fsp3) is 0.438. The van der Waals surface area contributed by atoms with Gasteiger partial charge in [0, 0.05) is 34.1 Å². The predicted molar refractivity (Wildman–Crippen MR) is 96.5 cm³/mol. The summed E-state index contributed by atoms with van der Waals surface area (Å²) in [7, 11) is 0. The van der Waals surface area contributed by atoms with Gasteiger partial charge in [0.15, 0.2) is 6.29 Å². The van der Waals surface area contributed by atoms with E-state index in [0.29, 0.717) is 15.4 Å². The van der Waals surface area contributed by atoms with Crippen LogP contribution in [0.2, 0.25) is 5.02 Å². The Balaban J connectivity index is 2.25. The molecular weight excluding hydrogens is 432 g/mol. The highest BCUT2D eigenvalue weighted by molar-refractivity contribution is 9.10. The first-order valence-electron chi connectivity index (χ1n) is 7.79. The van der Waals surface area contributed by atoms with E-state index in [1.54, 1.807) is 12.1 Å². The van der Waals surface area contributed by atoms with E-state index in [9.17, 15) is 25.2 Å². The van der Waals surface area contributed by atoms with Crippen molar-refractivity contribution in [2.45, 2.75) is 37.1 Å². The van der Waals surface area contributed by atoms with E-state index in [2.05, 4.69) is 26.2 Å². The van der Waals surface area contributed by atoms with E-state index in [0.717, 1.165) is 0 Å². The number of ether oxygens (including phenoxy) is 1. The number of amides is 1. The lowest BCUT2D eigenvalue weighted by Gasteiger charge is -2.48. The van der Waals surface area contributed by atoms with E-state index in [1.807, 2.05) is 0 Å². The van der Waals surface area contributed by atoms with Crippen LogP contribution in [0.3, 0.4) is 0 Å². The van der Waals surface area contributed by atoms with Gasteiger partial charge in [-0.1, -0.05) is 11.6 Å². The maximum Gasteiger partial charge on any atom is 0.217 e. The third-order valence-corrected chi connectivity index (χ3v) is 5.86. The number of hydrogen-bond donors (Lipinski definition) is 6. The van der Waals surface area contributed by atoms with Crippen molar-refractivity contribution in [2.75, 3.05) is 6.61 Å². The van der Waals surface area contributed by atoms with Crippen molar-refractivity contribution in [2.24, 2.45) is 0 Å². The van der Waals surface area contributed by atoms with Gasteiger partial charge in [0.25, 0.3) is 0 Å². The van der Waals surface area contributed by atoms with Crippen molar-refractivity contribution in [3.63, 3.8) is 0 Å². The molecule has 0 bridgehead atoms. The van der Waals surface area contributed by atoms with Gasteiger partial charge in [-0.2, -0.15) is 0 Å². The van der Waals surface area contributed by atoms with Crippen LogP contribution in [-0.4, -0.2) is 62.5 Å². The highest BCUT2D eigenvalue weighted by atomic mass is 79.9. The first kappa shape index (κ1) is 19.6. The van der Waals surface area contributed by atoms with E-state index in [1.165, 1.54) is 13.1 Å². The molecule has 6 N–H and O–H groups in total. The van der Waals surface area contributed by atoms with E-state index in [-0.39, 0.29) is 10.6 Å². The largest absolute Gasteiger partial charge is 0.394 e. The van der Waals surface area contributed by atoms with Gasteiger partial charge in [-0.15, -0.1) is 0 Å². The fourth-order valence-electron chi connectivity index (χ4n) is 3.36. The standard InChI is InChI=1S/C16H18BrClN2O6/c1-6(22)20-13-15(24)26-10(5-21)14(23)16(13,25)7-4-19-9-3-2-8(17)12(18)11(7)9/h2-4,10,13-15,19,21,23-25H,5H2,1H3,(H,20,22)/t10-,13+,14-,15-,16-/m1/s1. The maximum atomic E-state index is 11.6. The molecule has 1 amide bonds. The summed E-state index contributed by atoms with van der Waals surface area (Å²) in [5.41, 5.74) is -1.44. The van der Waals surface area contributed by atoms with Crippen LogP contribution in [0.5, 0.6) is 0 Å². The van der Waals surface area contributed by atoms with Crippen LogP contribution in [0.25, 0.3) is 10.9 Å². The molecule has 8 nitrogen and oxygen atoms in total. The van der Waals surface area contributed by atoms with E-state index < -0.39 is 42.7 Å². The number of aromatic amines is 1. The number of benzene rings is 1. The molecule has 5 atom stereocenters. The topological polar surface area (TPSA) is 135 Å². The van der Waals surface area contributed by atoms with Crippen molar-refractivity contribution < 1.29 is 30.0 Å². The molecule has 3 rings (SSSR count). The fourth-order valence-corrected chi connectivity index (χ4v) is 3.96. The molecule has 1 aromatic carbocycles. The predicted octanol–water partition coefficient (Wildman–Crippen LogP) is 0.347. The molecule has 1 fully saturated rings. The van der Waals surface area contributed by atoms with Gasteiger partial charge in [0.1, 0.15) is 23.9 Å². The SMILES string of the molecule is CC(=O)N[C@H]1[C@H](O)O[C@H](CO)[C@@H](O)[C@@]1(O)c1c[nH]c2ccc(Br)c(Cl)c12. The first-order chi connectivity index (χ1) is 12.2. The maximum absolute atomic E-state index is 11.6. The lowest BCUT2D eigenvalue weighted by Crippen LogP contribution is -2.69. The minimum absolute atomic E-state index is 0.158. The molecule has 1 aliphatic heterocycles. The molecule has 2 heterocycles. The highest BCUT2D eigenvalue weighted by Gasteiger charge is 2.57. The van der Waals surface area contributed by atoms with Crippen LogP contribution in [0.15, 0.2) is 22.8 Å². The first-order valence-corrected chi connectivity index (χ1v) is 8.96. The molecular formula is C16H18BrClN2O6. The van der Waals surface area contributed by atoms with E-state index >= 15 is 0 Å². The van der Waals surface area contributed by atoms with Gasteiger partial charge in [-0.25, -0.2) is 0 Å². The monoisotopic (exact) mass is 448 g/mol. The average Bonchev–Trinajstić information content (AvgIpc) is 3.03. The molecule has 0 saturated carbocycles. The van der Waals surface area contributed by atoms with Crippen LogP contribution in [-0.2, 0) is 15.1 Å². The second-order valence-corrected chi connectivity index (χ2v) is 7.41. The number of H-pyrrole nitrogens is 1. The van der Waals surface area contributed by atoms with Crippen LogP contribution in [0.4, 0.5) is 0 Å². The minimum atomic E-state index is -2.18. The summed E-state index contributed by atoms with van der Waals surface area (Å²) in [6.45, 7) is 0.559. The zero-order chi connectivity index (χ0) is 19.2. The molecule has 142 valence electrons. The van der Waals surface area contributed by atoms with Gasteiger partial charge in [-0.3, -0.25) is 4.79 Å². The van der Waals surface area contributed by atoms with Crippen LogP contribution >= 0.6 is 27.5 Å². The number of aliphatic hydroxyl groups is 4. The molecule has 0 radical (unpaired) electrons. The molecule has 1 saturated heterocycles. The average molecular weight is 450 g/mol. The highest BCUT2D eigenvalue weighted by Crippen LogP contribution is 2.44. The molecule has 1 aliphatic rings. The Hall–Kier alpha value is -1.20. The minimum Gasteiger partial charge on any atom is -0.394 e. The molecule has 0 aliphatic carbocycles. The molecule has 0 spiro atoms. The van der Waals surface area contributed by atoms with Crippen molar-refractivity contribution in [3.8, 4) is 0 Å². The molecule has 0 unspecified atom stereocenters. The Morgan fingerprint density at radius 1 is 1.46 bits per heavy atom. The third-order valence-electron chi connectivity index (χ3n) is 4.58. The van der Waals surface area contributed by atoms with Crippen molar-refractivity contribution in [1.82, 2.24) is 10.3 Å². The summed E-state index contributed by atoms with van der Waals surface area (Å²) in [6.07, 6.45) is -3.15. The zero-order valence-electron chi connectivity index (χ0n) is 13.6. The number of carbonyl (C=O) groups excluding carboxylic acids is 1. The molecule has 1 aromatic heterocycles. The number of halogens is 2. The van der Waals surface area contributed by atoms with Gasteiger partial charge in [-0.05, 0) is 28.1 Å². The number of fused-ring (bicyclic) bond motifs is 1. The van der Waals surface area contributed by atoms with Gasteiger partial charge in [0.05, 0.1) is 11.6 Å². The number of rotatable bonds is 3. The summed E-state index contributed by atoms with van der Waals surface area (Å²) >= 11 is 9.68. The molecule has 2 aromatic rings. The summed E-state index contributed by atoms with van der Waals surface area (Å²) in [5, 5.41) is 45.0. The second kappa shape index (κ2) is 7.08. The zero-order valence-corrected chi connectivity index (χ0v) is 16.0. The van der Waals surface area contributed by atoms with Crippen LogP contribution in [0, 0.1) is 0 Å². The number of aliphatic hydroxyl groups excluding tert-OH is 3. The van der Waals surface area contributed by atoms with Crippen molar-refractivity contribution in [3.05, 3.63) is 33.4 Å². The third kappa shape index (κ3) is 2.93. The molecule has 26 heavy (non-hydrogen) atoms. The summed E-state index contributed by atoms with van der Waals surface area (Å²) in [4.78, 5) is 14.5. The van der Waals surface area contributed by atoms with Crippen molar-refractivity contribution >= 4 is 44.3 Å². The van der Waals surface area contributed by atoms with Gasteiger partial charge < -0.3 is 35.5 Å². The normalized spacial score (nSPS) is 32.0. The summed E-state index contributed by atoms with van der Waals surface area (Å²) in [6, 6.07) is 2.04. The Bertz CT molecular complexity index is 845. The molecule has 10 heteroatoms. The number of aromatic nitrogens is 1. The number of nitrogens with one attached hydrogen (secondary N) is 2.